The largest absolute Gasteiger partial charge is 0.493 e. The summed E-state index contributed by atoms with van der Waals surface area (Å²) < 4.78 is 18.5. The van der Waals surface area contributed by atoms with Crippen LogP contribution in [-0.2, 0) is 0 Å². The van der Waals surface area contributed by atoms with Gasteiger partial charge in [-0.05, 0) is 43.7 Å². The fourth-order valence-corrected chi connectivity index (χ4v) is 1.84. The average Bonchev–Trinajstić information content (AvgIpc) is 2.69. The molecule has 1 aromatic carbocycles. The Morgan fingerprint density at radius 1 is 1.53 bits per heavy atom. The average molecular weight is 209 g/mol. The second-order valence-corrected chi connectivity index (χ2v) is 4.08. The molecular formula is C12H16FNO. The molecule has 1 aliphatic heterocycles. The summed E-state index contributed by atoms with van der Waals surface area (Å²) in [6.45, 7) is 4.70. The first-order chi connectivity index (χ1) is 7.25. The summed E-state index contributed by atoms with van der Waals surface area (Å²) in [5.41, 5.74) is 0.862. The Bertz CT molecular complexity index is 334. The molecule has 0 saturated carbocycles. The normalized spacial score (nSPS) is 20.5. The Morgan fingerprint density at radius 3 is 3.07 bits per heavy atom. The summed E-state index contributed by atoms with van der Waals surface area (Å²) in [4.78, 5) is 0. The van der Waals surface area contributed by atoms with Crippen molar-refractivity contribution < 1.29 is 9.13 Å². The molecule has 1 fully saturated rings. The van der Waals surface area contributed by atoms with Gasteiger partial charge in [-0.25, -0.2) is 4.39 Å². The number of benzene rings is 1. The van der Waals surface area contributed by atoms with Gasteiger partial charge in [0.1, 0.15) is 11.6 Å². The third-order valence-corrected chi connectivity index (χ3v) is 2.77. The van der Waals surface area contributed by atoms with Crippen LogP contribution in [0.25, 0.3) is 0 Å². The summed E-state index contributed by atoms with van der Waals surface area (Å²) in [6.07, 6.45) is 1.17. The quantitative estimate of drug-likeness (QED) is 0.823. The molecule has 2 rings (SSSR count). The molecule has 0 aliphatic carbocycles. The van der Waals surface area contributed by atoms with Crippen LogP contribution in [0.15, 0.2) is 18.2 Å². The monoisotopic (exact) mass is 209 g/mol. The van der Waals surface area contributed by atoms with Crippen molar-refractivity contribution in [2.75, 3.05) is 19.7 Å². The van der Waals surface area contributed by atoms with E-state index in [0.29, 0.717) is 5.92 Å². The van der Waals surface area contributed by atoms with Crippen molar-refractivity contribution >= 4 is 0 Å². The standard InChI is InChI=1S/C12H16FNO/c1-9-6-11(13)2-3-12(9)15-8-10-4-5-14-7-10/h2-3,6,10,14H,4-5,7-8H2,1H3/t10-/m1/s1. The Morgan fingerprint density at radius 2 is 2.40 bits per heavy atom. The second-order valence-electron chi connectivity index (χ2n) is 4.08. The maximum atomic E-state index is 12.8. The predicted molar refractivity (Wildman–Crippen MR) is 57.6 cm³/mol. The van der Waals surface area contributed by atoms with Gasteiger partial charge in [0.05, 0.1) is 6.61 Å². The Labute approximate surface area is 89.4 Å². The van der Waals surface area contributed by atoms with Crippen molar-refractivity contribution in [3.05, 3.63) is 29.6 Å². The Balaban J connectivity index is 1.92. The van der Waals surface area contributed by atoms with Crippen molar-refractivity contribution in [2.45, 2.75) is 13.3 Å². The summed E-state index contributed by atoms with van der Waals surface area (Å²) in [5, 5.41) is 3.29. The first-order valence-electron chi connectivity index (χ1n) is 5.35. The number of rotatable bonds is 3. The zero-order chi connectivity index (χ0) is 10.7. The highest BCUT2D eigenvalue weighted by Crippen LogP contribution is 2.20. The fourth-order valence-electron chi connectivity index (χ4n) is 1.84. The molecule has 0 aromatic heterocycles. The summed E-state index contributed by atoms with van der Waals surface area (Å²) in [5.74, 6) is 1.18. The molecule has 0 bridgehead atoms. The van der Waals surface area contributed by atoms with Crippen LogP contribution >= 0.6 is 0 Å². The Kier molecular flexibility index (Phi) is 3.21. The zero-order valence-corrected chi connectivity index (χ0v) is 8.92. The van der Waals surface area contributed by atoms with Gasteiger partial charge in [0.25, 0.3) is 0 Å². The van der Waals surface area contributed by atoms with Gasteiger partial charge >= 0.3 is 0 Å². The molecule has 1 aliphatic rings. The molecule has 1 atom stereocenters. The molecular weight excluding hydrogens is 193 g/mol. The van der Waals surface area contributed by atoms with E-state index >= 15 is 0 Å². The Hall–Kier alpha value is -1.09. The first-order valence-corrected chi connectivity index (χ1v) is 5.35. The van der Waals surface area contributed by atoms with Crippen LogP contribution < -0.4 is 10.1 Å². The van der Waals surface area contributed by atoms with E-state index in [-0.39, 0.29) is 5.82 Å². The van der Waals surface area contributed by atoms with E-state index in [9.17, 15) is 4.39 Å². The smallest absolute Gasteiger partial charge is 0.123 e. The minimum absolute atomic E-state index is 0.206. The number of hydrogen-bond donors (Lipinski definition) is 1. The van der Waals surface area contributed by atoms with Gasteiger partial charge < -0.3 is 10.1 Å². The van der Waals surface area contributed by atoms with Gasteiger partial charge in [0.2, 0.25) is 0 Å². The van der Waals surface area contributed by atoms with E-state index in [1.165, 1.54) is 18.6 Å². The molecule has 0 radical (unpaired) electrons. The third kappa shape index (κ3) is 2.69. The van der Waals surface area contributed by atoms with E-state index in [2.05, 4.69) is 5.32 Å². The second kappa shape index (κ2) is 4.62. The lowest BCUT2D eigenvalue weighted by molar-refractivity contribution is 0.258. The van der Waals surface area contributed by atoms with E-state index in [4.69, 9.17) is 4.74 Å². The first kappa shape index (κ1) is 10.4. The van der Waals surface area contributed by atoms with Crippen molar-refractivity contribution in [2.24, 2.45) is 5.92 Å². The van der Waals surface area contributed by atoms with E-state index < -0.39 is 0 Å². The molecule has 2 nitrogen and oxygen atoms in total. The maximum Gasteiger partial charge on any atom is 0.123 e. The molecule has 1 heterocycles. The van der Waals surface area contributed by atoms with Crippen LogP contribution in [0, 0.1) is 18.7 Å². The highest BCUT2D eigenvalue weighted by Gasteiger charge is 2.15. The molecule has 1 saturated heterocycles. The van der Waals surface area contributed by atoms with Gasteiger partial charge in [-0.15, -0.1) is 0 Å². The van der Waals surface area contributed by atoms with Crippen molar-refractivity contribution in [3.63, 3.8) is 0 Å². The van der Waals surface area contributed by atoms with Crippen LogP contribution in [0.5, 0.6) is 5.75 Å². The van der Waals surface area contributed by atoms with E-state index in [1.807, 2.05) is 6.92 Å². The summed E-state index contributed by atoms with van der Waals surface area (Å²) >= 11 is 0. The zero-order valence-electron chi connectivity index (χ0n) is 8.92. The van der Waals surface area contributed by atoms with Crippen molar-refractivity contribution in [1.82, 2.24) is 5.32 Å². The number of aryl methyl sites for hydroxylation is 1. The van der Waals surface area contributed by atoms with E-state index in [1.54, 1.807) is 6.07 Å². The molecule has 0 spiro atoms. The molecule has 0 unspecified atom stereocenters. The fraction of sp³-hybridized carbons (Fsp3) is 0.500. The van der Waals surface area contributed by atoms with Crippen LogP contribution in [0.3, 0.4) is 0 Å². The van der Waals surface area contributed by atoms with Crippen LogP contribution in [0.1, 0.15) is 12.0 Å². The lowest BCUT2D eigenvalue weighted by Gasteiger charge is -2.12. The van der Waals surface area contributed by atoms with Crippen molar-refractivity contribution in [3.8, 4) is 5.75 Å². The number of nitrogens with one attached hydrogen (secondary N) is 1. The van der Waals surface area contributed by atoms with Gasteiger partial charge in [-0.1, -0.05) is 0 Å². The molecule has 1 N–H and O–H groups in total. The van der Waals surface area contributed by atoms with Crippen LogP contribution in [-0.4, -0.2) is 19.7 Å². The van der Waals surface area contributed by atoms with Crippen LogP contribution in [0.4, 0.5) is 4.39 Å². The number of hydrogen-bond acceptors (Lipinski definition) is 2. The SMILES string of the molecule is Cc1cc(F)ccc1OC[C@@H]1CCNC1. The van der Waals surface area contributed by atoms with Gasteiger partial charge in [0, 0.05) is 12.5 Å². The molecule has 3 heteroatoms. The predicted octanol–water partition coefficient (Wildman–Crippen LogP) is 2.12. The maximum absolute atomic E-state index is 12.8. The lowest BCUT2D eigenvalue weighted by Crippen LogP contribution is -2.15. The van der Waals surface area contributed by atoms with Crippen molar-refractivity contribution in [1.29, 1.82) is 0 Å². The summed E-state index contributed by atoms with van der Waals surface area (Å²) in [6, 6.07) is 4.64. The highest BCUT2D eigenvalue weighted by molar-refractivity contribution is 5.32. The topological polar surface area (TPSA) is 21.3 Å². The number of ether oxygens (including phenoxy) is 1. The third-order valence-electron chi connectivity index (χ3n) is 2.77. The minimum Gasteiger partial charge on any atom is -0.493 e. The molecule has 1 aromatic rings. The van der Waals surface area contributed by atoms with Gasteiger partial charge in [-0.3, -0.25) is 0 Å². The lowest BCUT2D eigenvalue weighted by atomic mass is 10.1. The van der Waals surface area contributed by atoms with E-state index in [0.717, 1.165) is 31.0 Å². The highest BCUT2D eigenvalue weighted by atomic mass is 19.1. The molecule has 82 valence electrons. The minimum atomic E-state index is -0.206. The van der Waals surface area contributed by atoms with Gasteiger partial charge in [0.15, 0.2) is 0 Å². The number of halogens is 1. The van der Waals surface area contributed by atoms with Gasteiger partial charge in [-0.2, -0.15) is 0 Å². The molecule has 15 heavy (non-hydrogen) atoms. The van der Waals surface area contributed by atoms with Crippen LogP contribution in [0.2, 0.25) is 0 Å². The molecule has 0 amide bonds. The summed E-state index contributed by atoms with van der Waals surface area (Å²) in [7, 11) is 0.